The highest BCUT2D eigenvalue weighted by Crippen LogP contribution is 2.27. The summed E-state index contributed by atoms with van der Waals surface area (Å²) in [4.78, 5) is 26.5. The van der Waals surface area contributed by atoms with Gasteiger partial charge in [-0.25, -0.2) is 4.79 Å². The lowest BCUT2D eigenvalue weighted by atomic mass is 9.89. The molecule has 1 aliphatic rings. The fourth-order valence-electron chi connectivity index (χ4n) is 3.02. The van der Waals surface area contributed by atoms with E-state index in [4.69, 9.17) is 27.9 Å². The smallest absolute Gasteiger partial charge is 0.410 e. The SMILES string of the molecule is O=C(c1ccc(Cl)c(Cl)c1)C1CCN(C(=O)OCc2ccccc2)CC1. The Labute approximate surface area is 162 Å². The average molecular weight is 392 g/mol. The molecule has 4 nitrogen and oxygen atoms in total. The highest BCUT2D eigenvalue weighted by atomic mass is 35.5. The minimum atomic E-state index is -0.339. The summed E-state index contributed by atoms with van der Waals surface area (Å²) in [6.45, 7) is 1.26. The Hall–Kier alpha value is -2.04. The molecule has 0 bridgehead atoms. The number of carbonyl (C=O) groups excluding carboxylic acids is 2. The number of hydrogen-bond acceptors (Lipinski definition) is 3. The summed E-state index contributed by atoms with van der Waals surface area (Å²) in [7, 11) is 0. The molecule has 1 heterocycles. The largest absolute Gasteiger partial charge is 0.445 e. The molecule has 0 radical (unpaired) electrons. The van der Waals surface area contributed by atoms with Gasteiger partial charge in [-0.1, -0.05) is 53.5 Å². The van der Waals surface area contributed by atoms with Crippen LogP contribution in [0.5, 0.6) is 0 Å². The maximum Gasteiger partial charge on any atom is 0.410 e. The van der Waals surface area contributed by atoms with E-state index >= 15 is 0 Å². The first-order valence-electron chi connectivity index (χ1n) is 8.49. The third-order valence-corrected chi connectivity index (χ3v) is 5.27. The summed E-state index contributed by atoms with van der Waals surface area (Å²) < 4.78 is 5.35. The molecule has 6 heteroatoms. The standard InChI is InChI=1S/C20H19Cl2NO3/c21-17-7-6-16(12-18(17)22)19(24)15-8-10-23(11-9-15)20(25)26-13-14-4-2-1-3-5-14/h1-7,12,15H,8-11,13H2. The molecule has 1 saturated heterocycles. The predicted molar refractivity (Wildman–Crippen MR) is 102 cm³/mol. The van der Waals surface area contributed by atoms with Gasteiger partial charge in [-0.2, -0.15) is 0 Å². The lowest BCUT2D eigenvalue weighted by Crippen LogP contribution is -2.40. The minimum absolute atomic E-state index is 0.0425. The van der Waals surface area contributed by atoms with Gasteiger partial charge in [0.2, 0.25) is 0 Å². The molecule has 26 heavy (non-hydrogen) atoms. The van der Waals surface area contributed by atoms with Crippen LogP contribution in [0.25, 0.3) is 0 Å². The molecule has 2 aromatic rings. The van der Waals surface area contributed by atoms with Crippen LogP contribution in [0.3, 0.4) is 0 Å². The van der Waals surface area contributed by atoms with Crippen molar-refractivity contribution in [1.82, 2.24) is 4.90 Å². The van der Waals surface area contributed by atoms with E-state index in [1.54, 1.807) is 23.1 Å². The summed E-state index contributed by atoms with van der Waals surface area (Å²) >= 11 is 11.9. The summed E-state index contributed by atoms with van der Waals surface area (Å²) in [6.07, 6.45) is 0.883. The molecule has 136 valence electrons. The first-order valence-corrected chi connectivity index (χ1v) is 9.25. The van der Waals surface area contributed by atoms with E-state index in [2.05, 4.69) is 0 Å². The Balaban J connectivity index is 1.51. The van der Waals surface area contributed by atoms with Crippen LogP contribution >= 0.6 is 23.2 Å². The lowest BCUT2D eigenvalue weighted by molar-refractivity contribution is 0.0713. The molecule has 0 N–H and O–H groups in total. The maximum absolute atomic E-state index is 12.6. The van der Waals surface area contributed by atoms with Crippen molar-refractivity contribution in [3.63, 3.8) is 0 Å². The molecule has 1 amide bonds. The third kappa shape index (κ3) is 4.57. The van der Waals surface area contributed by atoms with Crippen molar-refractivity contribution >= 4 is 35.1 Å². The van der Waals surface area contributed by atoms with E-state index in [0.717, 1.165) is 5.56 Å². The molecular weight excluding hydrogens is 373 g/mol. The van der Waals surface area contributed by atoms with Crippen molar-refractivity contribution in [3.05, 3.63) is 69.7 Å². The van der Waals surface area contributed by atoms with E-state index in [9.17, 15) is 9.59 Å². The fourth-order valence-corrected chi connectivity index (χ4v) is 3.32. The zero-order chi connectivity index (χ0) is 18.5. The zero-order valence-corrected chi connectivity index (χ0v) is 15.7. The fraction of sp³-hybridized carbons (Fsp3) is 0.300. The van der Waals surface area contributed by atoms with Crippen LogP contribution in [-0.4, -0.2) is 29.9 Å². The van der Waals surface area contributed by atoms with Crippen molar-refractivity contribution in [2.24, 2.45) is 5.92 Å². The summed E-state index contributed by atoms with van der Waals surface area (Å²) in [6, 6.07) is 14.5. The van der Waals surface area contributed by atoms with Gasteiger partial charge < -0.3 is 9.64 Å². The van der Waals surface area contributed by atoms with Crippen molar-refractivity contribution in [2.45, 2.75) is 19.4 Å². The van der Waals surface area contributed by atoms with E-state index < -0.39 is 0 Å². The molecule has 1 fully saturated rings. The number of likely N-dealkylation sites (tertiary alicyclic amines) is 1. The topological polar surface area (TPSA) is 46.6 Å². The number of benzene rings is 2. The number of carbonyl (C=O) groups is 2. The zero-order valence-electron chi connectivity index (χ0n) is 14.2. The quantitative estimate of drug-likeness (QED) is 0.670. The molecule has 0 saturated carbocycles. The molecule has 0 unspecified atom stereocenters. The number of nitrogens with zero attached hydrogens (tertiary/aromatic N) is 1. The highest BCUT2D eigenvalue weighted by molar-refractivity contribution is 6.42. The monoisotopic (exact) mass is 391 g/mol. The molecule has 1 aliphatic heterocycles. The molecule has 0 aromatic heterocycles. The van der Waals surface area contributed by atoms with Crippen LogP contribution < -0.4 is 0 Å². The predicted octanol–water partition coefficient (Wildman–Crippen LogP) is 5.22. The van der Waals surface area contributed by atoms with Crippen molar-refractivity contribution in [1.29, 1.82) is 0 Å². The van der Waals surface area contributed by atoms with Crippen molar-refractivity contribution in [2.75, 3.05) is 13.1 Å². The summed E-state index contributed by atoms with van der Waals surface area (Å²) in [5.74, 6) is -0.0775. The second-order valence-electron chi connectivity index (χ2n) is 6.29. The van der Waals surface area contributed by atoms with Crippen LogP contribution in [0.15, 0.2) is 48.5 Å². The Bertz CT molecular complexity index is 787. The van der Waals surface area contributed by atoms with E-state index in [1.807, 2.05) is 30.3 Å². The minimum Gasteiger partial charge on any atom is -0.445 e. The molecule has 2 aromatic carbocycles. The Morgan fingerprint density at radius 1 is 1.00 bits per heavy atom. The summed E-state index contributed by atoms with van der Waals surface area (Å²) in [5, 5.41) is 0.804. The van der Waals surface area contributed by atoms with E-state index in [0.29, 0.717) is 41.5 Å². The number of rotatable bonds is 4. The third-order valence-electron chi connectivity index (χ3n) is 4.53. The Morgan fingerprint density at radius 3 is 2.35 bits per heavy atom. The molecular formula is C20H19Cl2NO3. The molecule has 0 aliphatic carbocycles. The number of halogens is 2. The van der Waals surface area contributed by atoms with Crippen LogP contribution in [0.2, 0.25) is 10.0 Å². The number of amides is 1. The van der Waals surface area contributed by atoms with Crippen molar-refractivity contribution in [3.8, 4) is 0 Å². The Kier molecular flexibility index (Phi) is 6.17. The Morgan fingerprint density at radius 2 is 1.69 bits per heavy atom. The number of Topliss-reactive ketones (excluding diaryl/α,β-unsaturated/α-hetero) is 1. The van der Waals surface area contributed by atoms with Crippen LogP contribution in [0, 0.1) is 5.92 Å². The first-order chi connectivity index (χ1) is 12.5. The molecule has 3 rings (SSSR count). The second-order valence-corrected chi connectivity index (χ2v) is 7.11. The number of hydrogen-bond donors (Lipinski definition) is 0. The van der Waals surface area contributed by atoms with Gasteiger partial charge in [0.15, 0.2) is 5.78 Å². The molecule has 0 atom stereocenters. The van der Waals surface area contributed by atoms with Gasteiger partial charge in [0.05, 0.1) is 10.0 Å². The second kappa shape index (κ2) is 8.56. The van der Waals surface area contributed by atoms with Gasteiger partial charge in [-0.3, -0.25) is 4.79 Å². The van der Waals surface area contributed by atoms with Gasteiger partial charge in [0, 0.05) is 24.6 Å². The van der Waals surface area contributed by atoms with Gasteiger partial charge in [-0.05, 0) is 36.6 Å². The van der Waals surface area contributed by atoms with E-state index in [-0.39, 0.29) is 24.4 Å². The van der Waals surface area contributed by atoms with Gasteiger partial charge >= 0.3 is 6.09 Å². The van der Waals surface area contributed by atoms with Gasteiger partial charge in [0.25, 0.3) is 0 Å². The maximum atomic E-state index is 12.6. The van der Waals surface area contributed by atoms with Gasteiger partial charge in [-0.15, -0.1) is 0 Å². The summed E-state index contributed by atoms with van der Waals surface area (Å²) in [5.41, 5.74) is 1.51. The highest BCUT2D eigenvalue weighted by Gasteiger charge is 2.28. The molecule has 0 spiro atoms. The normalized spacial score (nSPS) is 14.9. The van der Waals surface area contributed by atoms with Crippen LogP contribution in [0.4, 0.5) is 4.79 Å². The van der Waals surface area contributed by atoms with Crippen molar-refractivity contribution < 1.29 is 14.3 Å². The number of piperidine rings is 1. The van der Waals surface area contributed by atoms with E-state index in [1.165, 1.54) is 0 Å². The number of ketones is 1. The first kappa shape index (κ1) is 18.7. The van der Waals surface area contributed by atoms with Crippen LogP contribution in [0.1, 0.15) is 28.8 Å². The van der Waals surface area contributed by atoms with Crippen LogP contribution in [-0.2, 0) is 11.3 Å². The lowest BCUT2D eigenvalue weighted by Gasteiger charge is -2.30. The number of ether oxygens (including phenoxy) is 1. The average Bonchev–Trinajstić information content (AvgIpc) is 2.68. The van der Waals surface area contributed by atoms with Gasteiger partial charge in [0.1, 0.15) is 6.61 Å².